The third kappa shape index (κ3) is 5.13. The summed E-state index contributed by atoms with van der Waals surface area (Å²) in [5.74, 6) is 0.703. The molecule has 0 aliphatic carbocycles. The van der Waals surface area contributed by atoms with Gasteiger partial charge in [0.2, 0.25) is 5.76 Å². The molecule has 1 saturated heterocycles. The van der Waals surface area contributed by atoms with Crippen molar-refractivity contribution in [2.75, 3.05) is 25.1 Å². The summed E-state index contributed by atoms with van der Waals surface area (Å²) in [6.07, 6.45) is 3.36. The average Bonchev–Trinajstić information content (AvgIpc) is 3.66. The maximum Gasteiger partial charge on any atom is 0.292 e. The largest absolute Gasteiger partial charge is 0.494 e. The fraction of sp³-hybridized carbons (Fsp3) is 0.286. The second-order valence-corrected chi connectivity index (χ2v) is 8.61. The number of amides is 2. The van der Waals surface area contributed by atoms with Gasteiger partial charge in [0.15, 0.2) is 0 Å². The van der Waals surface area contributed by atoms with E-state index in [1.165, 1.54) is 0 Å². The quantitative estimate of drug-likeness (QED) is 0.334. The number of fused-ring (bicyclic) bond motifs is 1. The van der Waals surface area contributed by atoms with Gasteiger partial charge in [-0.1, -0.05) is 12.1 Å². The number of hydrogen-bond donors (Lipinski definition) is 1. The van der Waals surface area contributed by atoms with Crippen LogP contribution >= 0.6 is 0 Å². The monoisotopic (exact) mass is 488 g/mol. The van der Waals surface area contributed by atoms with Crippen molar-refractivity contribution in [3.8, 4) is 5.75 Å². The minimum atomic E-state index is -0.352. The maximum atomic E-state index is 13.9. The Morgan fingerprint density at radius 3 is 2.64 bits per heavy atom. The van der Waals surface area contributed by atoms with Gasteiger partial charge in [-0.05, 0) is 68.3 Å². The second-order valence-electron chi connectivity index (χ2n) is 8.61. The Hall–Kier alpha value is -4.04. The van der Waals surface area contributed by atoms with Gasteiger partial charge in [-0.3, -0.25) is 9.59 Å². The topological polar surface area (TPSA) is 94.2 Å². The minimum Gasteiger partial charge on any atom is -0.494 e. The third-order valence-electron chi connectivity index (χ3n) is 6.12. The van der Waals surface area contributed by atoms with Crippen molar-refractivity contribution < 1.29 is 27.9 Å². The molecule has 1 fully saturated rings. The van der Waals surface area contributed by atoms with E-state index < -0.39 is 0 Å². The molecular formula is C28H28N2O6. The van der Waals surface area contributed by atoms with Gasteiger partial charge in [0, 0.05) is 24.1 Å². The average molecular weight is 489 g/mol. The van der Waals surface area contributed by atoms with Crippen LogP contribution in [-0.2, 0) is 11.3 Å². The predicted molar refractivity (Wildman–Crippen MR) is 134 cm³/mol. The molecule has 0 saturated carbocycles. The Morgan fingerprint density at radius 2 is 1.92 bits per heavy atom. The molecule has 0 unspecified atom stereocenters. The van der Waals surface area contributed by atoms with E-state index in [1.807, 2.05) is 31.2 Å². The summed E-state index contributed by atoms with van der Waals surface area (Å²) in [6.45, 7) is 3.77. The molecular weight excluding hydrogens is 460 g/mol. The van der Waals surface area contributed by atoms with E-state index in [9.17, 15) is 9.59 Å². The first-order chi connectivity index (χ1) is 17.6. The number of rotatable bonds is 9. The van der Waals surface area contributed by atoms with Crippen molar-refractivity contribution in [1.29, 1.82) is 0 Å². The lowest BCUT2D eigenvalue weighted by molar-refractivity contribution is 0.0471. The normalized spacial score (nSPS) is 15.2. The number of para-hydroxylation sites is 1. The van der Waals surface area contributed by atoms with Crippen molar-refractivity contribution in [2.45, 2.75) is 32.4 Å². The summed E-state index contributed by atoms with van der Waals surface area (Å²) in [5, 5.41) is 3.56. The number of furan rings is 2. The SMILES string of the molecule is CCOc1ccc(C(=O)Nc2c(C(=O)N(Cc3ccco3)C[C@@H]3CCCO3)oc3ccccc23)cc1. The summed E-state index contributed by atoms with van der Waals surface area (Å²) in [6, 6.07) is 17.7. The molecule has 3 heterocycles. The summed E-state index contributed by atoms with van der Waals surface area (Å²) in [7, 11) is 0. The van der Waals surface area contributed by atoms with Gasteiger partial charge >= 0.3 is 0 Å². The molecule has 5 rings (SSSR count). The number of carbonyl (C=O) groups excluding carboxylic acids is 2. The highest BCUT2D eigenvalue weighted by atomic mass is 16.5. The number of nitrogens with zero attached hydrogens (tertiary/aromatic N) is 1. The van der Waals surface area contributed by atoms with Gasteiger partial charge in [-0.15, -0.1) is 0 Å². The molecule has 186 valence electrons. The molecule has 4 aromatic rings. The molecule has 1 atom stereocenters. The standard InChI is InChI=1S/C28H28N2O6/c1-2-33-20-13-11-19(12-14-20)27(31)29-25-23-9-3-4-10-24(23)36-26(25)28(32)30(17-21-7-5-15-34-21)18-22-8-6-16-35-22/h3-5,7,9-15,22H,2,6,8,16-18H2,1H3,(H,29,31)/t22-/m0/s1. The Balaban J connectivity index is 1.46. The Kier molecular flexibility index (Phi) is 7.04. The summed E-state index contributed by atoms with van der Waals surface area (Å²) < 4.78 is 22.8. The first-order valence-corrected chi connectivity index (χ1v) is 12.1. The smallest absolute Gasteiger partial charge is 0.292 e. The van der Waals surface area contributed by atoms with Gasteiger partial charge in [0.1, 0.15) is 22.8 Å². The summed E-state index contributed by atoms with van der Waals surface area (Å²) in [5.41, 5.74) is 1.29. The van der Waals surface area contributed by atoms with Crippen molar-refractivity contribution in [1.82, 2.24) is 4.90 Å². The summed E-state index contributed by atoms with van der Waals surface area (Å²) >= 11 is 0. The van der Waals surface area contributed by atoms with Crippen LogP contribution in [0.1, 0.15) is 46.4 Å². The van der Waals surface area contributed by atoms with Gasteiger partial charge in [-0.2, -0.15) is 0 Å². The predicted octanol–water partition coefficient (Wildman–Crippen LogP) is 5.50. The van der Waals surface area contributed by atoms with Crippen LogP contribution in [0, 0.1) is 0 Å². The fourth-order valence-electron chi connectivity index (χ4n) is 4.36. The molecule has 1 aliphatic heterocycles. The fourth-order valence-corrected chi connectivity index (χ4v) is 4.36. The Labute approximate surface area is 208 Å². The highest BCUT2D eigenvalue weighted by molar-refractivity contribution is 6.14. The van der Waals surface area contributed by atoms with Crippen molar-refractivity contribution in [2.24, 2.45) is 0 Å². The zero-order valence-corrected chi connectivity index (χ0v) is 20.1. The number of anilines is 1. The van der Waals surface area contributed by atoms with Gasteiger partial charge < -0.3 is 28.5 Å². The Morgan fingerprint density at radius 1 is 1.08 bits per heavy atom. The molecule has 8 heteroatoms. The van der Waals surface area contributed by atoms with E-state index in [1.54, 1.807) is 47.6 Å². The number of carbonyl (C=O) groups is 2. The van der Waals surface area contributed by atoms with E-state index in [0.717, 1.165) is 12.8 Å². The first kappa shape index (κ1) is 23.7. The van der Waals surface area contributed by atoms with E-state index in [2.05, 4.69) is 5.32 Å². The molecule has 0 radical (unpaired) electrons. The lowest BCUT2D eigenvalue weighted by atomic mass is 10.1. The van der Waals surface area contributed by atoms with Crippen LogP contribution < -0.4 is 10.1 Å². The van der Waals surface area contributed by atoms with Crippen LogP contribution in [0.15, 0.2) is 75.8 Å². The molecule has 1 aliphatic rings. The zero-order chi connectivity index (χ0) is 24.9. The second kappa shape index (κ2) is 10.7. The first-order valence-electron chi connectivity index (χ1n) is 12.1. The van der Waals surface area contributed by atoms with Crippen LogP contribution in [0.2, 0.25) is 0 Å². The highest BCUT2D eigenvalue weighted by Gasteiger charge is 2.30. The lowest BCUT2D eigenvalue weighted by Gasteiger charge is -2.24. The molecule has 1 N–H and O–H groups in total. The molecule has 36 heavy (non-hydrogen) atoms. The molecule has 2 aromatic carbocycles. The van der Waals surface area contributed by atoms with Crippen LogP contribution in [0.4, 0.5) is 5.69 Å². The van der Waals surface area contributed by atoms with Gasteiger partial charge in [0.25, 0.3) is 11.8 Å². The van der Waals surface area contributed by atoms with E-state index in [-0.39, 0.29) is 30.2 Å². The number of benzene rings is 2. The molecule has 0 spiro atoms. The van der Waals surface area contributed by atoms with Crippen LogP contribution in [0.3, 0.4) is 0 Å². The van der Waals surface area contributed by atoms with Crippen LogP contribution in [0.5, 0.6) is 5.75 Å². The number of ether oxygens (including phenoxy) is 2. The van der Waals surface area contributed by atoms with Crippen LogP contribution in [-0.4, -0.2) is 42.6 Å². The molecule has 8 nitrogen and oxygen atoms in total. The van der Waals surface area contributed by atoms with Gasteiger partial charge in [0.05, 0.1) is 25.5 Å². The van der Waals surface area contributed by atoms with Crippen molar-refractivity contribution in [3.05, 3.63) is 84.0 Å². The number of nitrogens with one attached hydrogen (secondary N) is 1. The van der Waals surface area contributed by atoms with Crippen molar-refractivity contribution >= 4 is 28.5 Å². The Bertz CT molecular complexity index is 1320. The third-order valence-corrected chi connectivity index (χ3v) is 6.12. The minimum absolute atomic E-state index is 0.0600. The highest BCUT2D eigenvalue weighted by Crippen LogP contribution is 2.33. The molecule has 0 bridgehead atoms. The van der Waals surface area contributed by atoms with Gasteiger partial charge in [-0.25, -0.2) is 0 Å². The zero-order valence-electron chi connectivity index (χ0n) is 20.1. The molecule has 2 amide bonds. The number of hydrogen-bond acceptors (Lipinski definition) is 6. The lowest BCUT2D eigenvalue weighted by Crippen LogP contribution is -2.37. The van der Waals surface area contributed by atoms with Crippen LogP contribution in [0.25, 0.3) is 11.0 Å². The maximum absolute atomic E-state index is 13.9. The van der Waals surface area contributed by atoms with E-state index in [0.29, 0.717) is 53.5 Å². The van der Waals surface area contributed by atoms with E-state index in [4.69, 9.17) is 18.3 Å². The molecule has 2 aromatic heterocycles. The van der Waals surface area contributed by atoms with E-state index >= 15 is 0 Å². The van der Waals surface area contributed by atoms with Crippen molar-refractivity contribution in [3.63, 3.8) is 0 Å². The summed E-state index contributed by atoms with van der Waals surface area (Å²) in [4.78, 5) is 28.7.